The molecule has 4 heteroatoms. The lowest BCUT2D eigenvalue weighted by atomic mass is 10.3. The maximum Gasteiger partial charge on any atom is 0.229 e. The van der Waals surface area contributed by atoms with Gasteiger partial charge in [-0.1, -0.05) is 12.1 Å². The lowest BCUT2D eigenvalue weighted by Crippen LogP contribution is -2.26. The number of hydrogen-bond acceptors (Lipinski definition) is 2. The van der Waals surface area contributed by atoms with E-state index < -0.39 is 0 Å². The molecule has 0 aliphatic rings. The molecule has 76 valence electrons. The van der Waals surface area contributed by atoms with Crippen LogP contribution < -0.4 is 4.90 Å². The largest absolute Gasteiger partial charge is 0.396 e. The highest BCUT2D eigenvalue weighted by atomic mass is 79.9. The van der Waals surface area contributed by atoms with Crippen LogP contribution in [0.1, 0.15) is 6.42 Å². The number of hydrogen-bond donors (Lipinski definition) is 1. The highest BCUT2D eigenvalue weighted by molar-refractivity contribution is 9.10. The van der Waals surface area contributed by atoms with Gasteiger partial charge in [-0.3, -0.25) is 4.79 Å². The van der Waals surface area contributed by atoms with Gasteiger partial charge in [-0.15, -0.1) is 0 Å². The molecule has 0 spiro atoms. The Morgan fingerprint density at radius 1 is 1.50 bits per heavy atom. The first-order chi connectivity index (χ1) is 6.66. The van der Waals surface area contributed by atoms with E-state index in [1.54, 1.807) is 7.05 Å². The summed E-state index contributed by atoms with van der Waals surface area (Å²) in [5.74, 6) is -0.0978. The zero-order chi connectivity index (χ0) is 10.6. The third-order valence-corrected chi connectivity index (χ3v) is 2.58. The van der Waals surface area contributed by atoms with Gasteiger partial charge < -0.3 is 10.0 Å². The summed E-state index contributed by atoms with van der Waals surface area (Å²) in [6.45, 7) is -0.117. The normalized spacial score (nSPS) is 9.93. The van der Waals surface area contributed by atoms with E-state index in [0.717, 1.165) is 10.2 Å². The summed E-state index contributed by atoms with van der Waals surface area (Å²) in [5, 5.41) is 8.64. The van der Waals surface area contributed by atoms with Gasteiger partial charge in [-0.25, -0.2) is 0 Å². The molecule has 1 aromatic rings. The van der Waals surface area contributed by atoms with E-state index >= 15 is 0 Å². The Kier molecular flexibility index (Phi) is 4.10. The summed E-state index contributed by atoms with van der Waals surface area (Å²) in [7, 11) is 1.69. The van der Waals surface area contributed by atoms with Crippen LogP contribution in [0.5, 0.6) is 0 Å². The van der Waals surface area contributed by atoms with Gasteiger partial charge in [0.1, 0.15) is 0 Å². The van der Waals surface area contributed by atoms with Gasteiger partial charge in [0.25, 0.3) is 0 Å². The van der Waals surface area contributed by atoms with Crippen molar-refractivity contribution < 1.29 is 9.90 Å². The molecule has 14 heavy (non-hydrogen) atoms. The first kappa shape index (κ1) is 11.2. The molecule has 1 N–H and O–H groups in total. The standard InChI is InChI=1S/C10H12BrNO2/c1-12(10(14)6-7-13)9-5-3-2-4-8(9)11/h2-5,13H,6-7H2,1H3. The predicted molar refractivity (Wildman–Crippen MR) is 59.3 cm³/mol. The number of benzene rings is 1. The minimum absolute atomic E-state index is 0.0978. The van der Waals surface area contributed by atoms with Crippen LogP contribution in [0.15, 0.2) is 28.7 Å². The van der Waals surface area contributed by atoms with Crippen LogP contribution >= 0.6 is 15.9 Å². The Hall–Kier alpha value is -0.870. The fourth-order valence-corrected chi connectivity index (χ4v) is 1.67. The van der Waals surface area contributed by atoms with Crippen LogP contribution in [0.3, 0.4) is 0 Å². The van der Waals surface area contributed by atoms with E-state index in [1.165, 1.54) is 4.90 Å². The van der Waals surface area contributed by atoms with Crippen LogP contribution in [0, 0.1) is 0 Å². The second kappa shape index (κ2) is 5.12. The van der Waals surface area contributed by atoms with Crippen molar-refractivity contribution in [2.24, 2.45) is 0 Å². The Balaban J connectivity index is 2.84. The van der Waals surface area contributed by atoms with Gasteiger partial charge in [-0.05, 0) is 28.1 Å². The quantitative estimate of drug-likeness (QED) is 0.897. The number of anilines is 1. The molecule has 0 atom stereocenters. The van der Waals surface area contributed by atoms with Crippen molar-refractivity contribution in [3.63, 3.8) is 0 Å². The third-order valence-electron chi connectivity index (χ3n) is 1.91. The van der Waals surface area contributed by atoms with Gasteiger partial charge >= 0.3 is 0 Å². The van der Waals surface area contributed by atoms with Crippen LogP contribution in [0.25, 0.3) is 0 Å². The predicted octanol–water partition coefficient (Wildman–Crippen LogP) is 1.79. The van der Waals surface area contributed by atoms with Gasteiger partial charge in [0.15, 0.2) is 0 Å². The van der Waals surface area contributed by atoms with Crippen LogP contribution in [0.2, 0.25) is 0 Å². The fourth-order valence-electron chi connectivity index (χ4n) is 1.12. The lowest BCUT2D eigenvalue weighted by molar-refractivity contribution is -0.118. The van der Waals surface area contributed by atoms with Gasteiger partial charge in [-0.2, -0.15) is 0 Å². The Morgan fingerprint density at radius 2 is 2.14 bits per heavy atom. The number of nitrogens with zero attached hydrogens (tertiary/aromatic N) is 1. The van der Waals surface area contributed by atoms with E-state index in [9.17, 15) is 4.79 Å². The topological polar surface area (TPSA) is 40.5 Å². The van der Waals surface area contributed by atoms with E-state index in [2.05, 4.69) is 15.9 Å². The first-order valence-corrected chi connectivity index (χ1v) is 5.08. The van der Waals surface area contributed by atoms with Crippen molar-refractivity contribution in [1.29, 1.82) is 0 Å². The van der Waals surface area contributed by atoms with Gasteiger partial charge in [0.2, 0.25) is 5.91 Å². The molecule has 0 aliphatic carbocycles. The van der Waals surface area contributed by atoms with E-state index in [-0.39, 0.29) is 18.9 Å². The summed E-state index contributed by atoms with van der Waals surface area (Å²) < 4.78 is 0.869. The summed E-state index contributed by atoms with van der Waals surface area (Å²) in [4.78, 5) is 13.0. The number of carbonyl (C=O) groups excluding carboxylic acids is 1. The molecule has 0 bridgehead atoms. The number of para-hydroxylation sites is 1. The molecular weight excluding hydrogens is 246 g/mol. The smallest absolute Gasteiger partial charge is 0.229 e. The molecule has 0 radical (unpaired) electrons. The highest BCUT2D eigenvalue weighted by Gasteiger charge is 2.11. The van der Waals surface area contributed by atoms with Crippen LogP contribution in [-0.2, 0) is 4.79 Å². The SMILES string of the molecule is CN(C(=O)CCO)c1ccccc1Br. The van der Waals surface area contributed by atoms with E-state index in [4.69, 9.17) is 5.11 Å². The van der Waals surface area contributed by atoms with Crippen LogP contribution in [0.4, 0.5) is 5.69 Å². The summed E-state index contributed by atoms with van der Waals surface area (Å²) >= 11 is 3.36. The minimum atomic E-state index is -0.117. The van der Waals surface area contributed by atoms with Crippen molar-refractivity contribution >= 4 is 27.5 Å². The molecule has 0 saturated heterocycles. The zero-order valence-corrected chi connectivity index (χ0v) is 9.49. The van der Waals surface area contributed by atoms with Crippen molar-refractivity contribution in [3.8, 4) is 0 Å². The van der Waals surface area contributed by atoms with E-state index in [0.29, 0.717) is 0 Å². The summed E-state index contributed by atoms with van der Waals surface area (Å²) in [6.07, 6.45) is 0.151. The van der Waals surface area contributed by atoms with Crippen molar-refractivity contribution in [2.75, 3.05) is 18.6 Å². The number of carbonyl (C=O) groups is 1. The fraction of sp³-hybridized carbons (Fsp3) is 0.300. The Labute approximate surface area is 91.5 Å². The molecule has 0 aromatic heterocycles. The molecule has 1 amide bonds. The molecule has 0 aliphatic heterocycles. The zero-order valence-electron chi connectivity index (χ0n) is 7.90. The third kappa shape index (κ3) is 2.56. The van der Waals surface area contributed by atoms with E-state index in [1.807, 2.05) is 24.3 Å². The molecular formula is C10H12BrNO2. The number of halogens is 1. The summed E-state index contributed by atoms with van der Waals surface area (Å²) in [6, 6.07) is 7.47. The second-order valence-electron chi connectivity index (χ2n) is 2.88. The number of amides is 1. The molecule has 0 saturated carbocycles. The number of aliphatic hydroxyl groups is 1. The molecule has 0 fully saturated rings. The molecule has 0 unspecified atom stereocenters. The second-order valence-corrected chi connectivity index (χ2v) is 3.73. The van der Waals surface area contributed by atoms with Crippen LogP contribution in [-0.4, -0.2) is 24.7 Å². The average Bonchev–Trinajstić information content (AvgIpc) is 2.18. The van der Waals surface area contributed by atoms with Crippen molar-refractivity contribution in [2.45, 2.75) is 6.42 Å². The maximum atomic E-state index is 11.4. The molecule has 1 aromatic carbocycles. The van der Waals surface area contributed by atoms with Crippen molar-refractivity contribution in [1.82, 2.24) is 0 Å². The summed E-state index contributed by atoms with van der Waals surface area (Å²) in [5.41, 5.74) is 0.811. The highest BCUT2D eigenvalue weighted by Crippen LogP contribution is 2.24. The molecule has 1 rings (SSSR count). The molecule has 0 heterocycles. The number of rotatable bonds is 3. The Bertz CT molecular complexity index is 328. The first-order valence-electron chi connectivity index (χ1n) is 4.28. The Morgan fingerprint density at radius 3 is 2.71 bits per heavy atom. The minimum Gasteiger partial charge on any atom is -0.396 e. The van der Waals surface area contributed by atoms with Gasteiger partial charge in [0.05, 0.1) is 18.7 Å². The molecule has 3 nitrogen and oxygen atoms in total. The van der Waals surface area contributed by atoms with Gasteiger partial charge in [0, 0.05) is 11.5 Å². The maximum absolute atomic E-state index is 11.4. The lowest BCUT2D eigenvalue weighted by Gasteiger charge is -2.18. The monoisotopic (exact) mass is 257 g/mol. The number of aliphatic hydroxyl groups excluding tert-OH is 1. The van der Waals surface area contributed by atoms with Crippen molar-refractivity contribution in [3.05, 3.63) is 28.7 Å². The average molecular weight is 258 g/mol.